The van der Waals surface area contributed by atoms with E-state index >= 15 is 0 Å². The summed E-state index contributed by atoms with van der Waals surface area (Å²) in [4.78, 5) is 25.1. The number of halogens is 1. The molecule has 1 amide bonds. The zero-order valence-corrected chi connectivity index (χ0v) is 28.0. The molecule has 1 aromatic heterocycles. The maximum absolute atomic E-state index is 14.2. The van der Waals surface area contributed by atoms with Gasteiger partial charge in [0.05, 0.1) is 12.2 Å². The third-order valence-corrected chi connectivity index (χ3v) is 7.57. The maximum Gasteiger partial charge on any atom is 1.00 e. The normalized spacial score (nSPS) is 12.4. The van der Waals surface area contributed by atoms with E-state index in [1.807, 2.05) is 73.0 Å². The minimum Gasteiger partial charge on any atom is -0.550 e. The second-order valence-corrected chi connectivity index (χ2v) is 11.2. The molecular formula is C35H39FN3NaO5. The van der Waals surface area contributed by atoms with Crippen molar-refractivity contribution in [1.82, 2.24) is 9.88 Å². The number of rotatable bonds is 14. The first-order chi connectivity index (χ1) is 21.1. The van der Waals surface area contributed by atoms with Crippen molar-refractivity contribution in [3.05, 3.63) is 107 Å². The number of carboxylic acids is 1. The minimum absolute atomic E-state index is 0. The van der Waals surface area contributed by atoms with E-state index in [2.05, 4.69) is 5.32 Å². The van der Waals surface area contributed by atoms with Crippen LogP contribution in [0.1, 0.15) is 66.5 Å². The Morgan fingerprint density at radius 1 is 0.911 bits per heavy atom. The number of carboxylic acid groups (broad SMARTS) is 1. The van der Waals surface area contributed by atoms with Crippen molar-refractivity contribution in [2.75, 3.05) is 0 Å². The Morgan fingerprint density at radius 3 is 2.18 bits per heavy atom. The average molecular weight is 624 g/mol. The van der Waals surface area contributed by atoms with Gasteiger partial charge >= 0.3 is 29.6 Å². The van der Waals surface area contributed by atoms with Gasteiger partial charge in [-0.05, 0) is 67.5 Å². The molecule has 0 aliphatic carbocycles. The van der Waals surface area contributed by atoms with Gasteiger partial charge in [0.1, 0.15) is 11.5 Å². The number of carbonyl (C=O) groups excluding carboxylic acids is 2. The van der Waals surface area contributed by atoms with Crippen molar-refractivity contribution < 1.29 is 58.9 Å². The van der Waals surface area contributed by atoms with Crippen LogP contribution in [0.15, 0.2) is 78.9 Å². The number of nitrogens with two attached hydrogens (primary N) is 1. The first-order valence-electron chi connectivity index (χ1n) is 14.8. The fraction of sp³-hybridized carbons (Fsp3) is 0.314. The number of hydrogen-bond donors (Lipinski definition) is 4. The van der Waals surface area contributed by atoms with Gasteiger partial charge < -0.3 is 35.7 Å². The monoisotopic (exact) mass is 623 g/mol. The maximum atomic E-state index is 14.2. The van der Waals surface area contributed by atoms with E-state index in [1.54, 1.807) is 12.1 Å². The molecule has 2 atom stereocenters. The van der Waals surface area contributed by atoms with E-state index in [0.29, 0.717) is 29.8 Å². The number of aliphatic hydroxyl groups is 2. The van der Waals surface area contributed by atoms with Gasteiger partial charge in [0, 0.05) is 48.3 Å². The number of carbonyl (C=O) groups is 2. The number of aromatic nitrogens is 1. The Bertz CT molecular complexity index is 1570. The first-order valence-corrected chi connectivity index (χ1v) is 14.8. The van der Waals surface area contributed by atoms with Crippen molar-refractivity contribution in [3.8, 4) is 22.3 Å². The van der Waals surface area contributed by atoms with Crippen molar-refractivity contribution in [2.45, 2.75) is 70.9 Å². The second-order valence-electron chi connectivity index (χ2n) is 11.2. The summed E-state index contributed by atoms with van der Waals surface area (Å²) < 4.78 is 16.0. The molecule has 232 valence electrons. The third kappa shape index (κ3) is 9.36. The van der Waals surface area contributed by atoms with Gasteiger partial charge in [0.2, 0.25) is 0 Å². The van der Waals surface area contributed by atoms with E-state index in [-0.39, 0.29) is 60.9 Å². The summed E-state index contributed by atoms with van der Waals surface area (Å²) in [5, 5.41) is 34.8. The zero-order valence-electron chi connectivity index (χ0n) is 26.0. The summed E-state index contributed by atoms with van der Waals surface area (Å²) in [6.07, 6.45) is -2.47. The molecule has 0 unspecified atom stereocenters. The molecule has 0 aliphatic rings. The minimum atomic E-state index is -1.39. The Balaban J connectivity index is 0.00000552. The Hall–Kier alpha value is -3.31. The van der Waals surface area contributed by atoms with E-state index < -0.39 is 30.4 Å². The van der Waals surface area contributed by atoms with Crippen LogP contribution in [0, 0.1) is 5.82 Å². The van der Waals surface area contributed by atoms with Crippen molar-refractivity contribution in [1.29, 1.82) is 0 Å². The molecule has 0 bridgehead atoms. The second kappa shape index (κ2) is 16.8. The molecule has 0 fully saturated rings. The molecule has 4 aromatic rings. The smallest absolute Gasteiger partial charge is 0.550 e. The van der Waals surface area contributed by atoms with Crippen LogP contribution in [0.4, 0.5) is 4.39 Å². The van der Waals surface area contributed by atoms with E-state index in [9.17, 15) is 29.3 Å². The SMILES string of the molecule is CC(C)n1c(CC[C@@H](O)C[C@@H](O)CC(=O)[O-])c(-c2ccc(F)cc2)c(-c2ccccc2)c1C(=O)NCc1cccc(CN)c1.[Na+]. The van der Waals surface area contributed by atoms with E-state index in [4.69, 9.17) is 5.73 Å². The number of aliphatic hydroxyl groups excluding tert-OH is 2. The molecule has 5 N–H and O–H groups in total. The van der Waals surface area contributed by atoms with Crippen LogP contribution in [0.25, 0.3) is 22.3 Å². The van der Waals surface area contributed by atoms with Gasteiger partial charge in [-0.15, -0.1) is 0 Å². The first kappa shape index (κ1) is 36.2. The molecule has 0 spiro atoms. The molecule has 0 saturated heterocycles. The Morgan fingerprint density at radius 2 is 1.56 bits per heavy atom. The number of benzene rings is 3. The van der Waals surface area contributed by atoms with Crippen LogP contribution in [0.2, 0.25) is 0 Å². The summed E-state index contributed by atoms with van der Waals surface area (Å²) in [7, 11) is 0. The molecule has 0 aliphatic heterocycles. The fourth-order valence-corrected chi connectivity index (χ4v) is 5.63. The van der Waals surface area contributed by atoms with Crippen LogP contribution in [-0.2, 0) is 24.3 Å². The topological polar surface area (TPSA) is 141 Å². The number of amides is 1. The molecule has 8 nitrogen and oxygen atoms in total. The zero-order chi connectivity index (χ0) is 31.8. The van der Waals surface area contributed by atoms with Crippen LogP contribution < -0.4 is 45.7 Å². The summed E-state index contributed by atoms with van der Waals surface area (Å²) >= 11 is 0. The molecule has 10 heteroatoms. The Labute approximate surface area is 285 Å². The number of hydrogen-bond acceptors (Lipinski definition) is 6. The molecule has 4 rings (SSSR count). The van der Waals surface area contributed by atoms with Crippen LogP contribution in [0.3, 0.4) is 0 Å². The van der Waals surface area contributed by atoms with Gasteiger partial charge in [-0.1, -0.05) is 66.7 Å². The molecule has 3 aromatic carbocycles. The van der Waals surface area contributed by atoms with Crippen molar-refractivity contribution in [3.63, 3.8) is 0 Å². The molecule has 0 saturated carbocycles. The summed E-state index contributed by atoms with van der Waals surface area (Å²) in [6.45, 7) is 4.60. The standard InChI is InChI=1S/C35H40FN3O5.Na/c1-22(2)39-30(16-15-28(40)18-29(41)19-31(42)43)32(26-11-13-27(36)14-12-26)33(25-9-4-3-5-10-25)34(39)35(44)38-21-24-8-6-7-23(17-24)20-37;/h3-14,17,22,28-29,40-41H,15-16,18-21,37H2,1-2H3,(H,38,44)(H,42,43);/q;+1/p-1/t28-,29-;/m1./s1. The van der Waals surface area contributed by atoms with Gasteiger partial charge in [0.15, 0.2) is 0 Å². The van der Waals surface area contributed by atoms with E-state index in [0.717, 1.165) is 27.9 Å². The molecular weight excluding hydrogens is 584 g/mol. The molecule has 45 heavy (non-hydrogen) atoms. The van der Waals surface area contributed by atoms with Crippen LogP contribution in [0.5, 0.6) is 0 Å². The number of nitrogens with zero attached hydrogens (tertiary/aromatic N) is 1. The predicted octanol–water partition coefficient (Wildman–Crippen LogP) is 1.12. The quantitative estimate of drug-likeness (QED) is 0.155. The summed E-state index contributed by atoms with van der Waals surface area (Å²) in [6, 6.07) is 23.1. The third-order valence-electron chi connectivity index (χ3n) is 7.57. The largest absolute Gasteiger partial charge is 1.00 e. The van der Waals surface area contributed by atoms with Crippen molar-refractivity contribution in [2.24, 2.45) is 5.73 Å². The van der Waals surface area contributed by atoms with Gasteiger partial charge in [0.25, 0.3) is 5.91 Å². The van der Waals surface area contributed by atoms with Gasteiger partial charge in [-0.2, -0.15) is 0 Å². The molecule has 0 radical (unpaired) electrons. The van der Waals surface area contributed by atoms with Gasteiger partial charge in [-0.25, -0.2) is 4.39 Å². The summed E-state index contributed by atoms with van der Waals surface area (Å²) in [5.41, 5.74) is 11.8. The summed E-state index contributed by atoms with van der Waals surface area (Å²) in [5.74, 6) is -2.08. The predicted molar refractivity (Wildman–Crippen MR) is 166 cm³/mol. The van der Waals surface area contributed by atoms with Gasteiger partial charge in [-0.3, -0.25) is 4.79 Å². The van der Waals surface area contributed by atoms with E-state index in [1.165, 1.54) is 12.1 Å². The fourth-order valence-electron chi connectivity index (χ4n) is 5.63. The van der Waals surface area contributed by atoms with Crippen molar-refractivity contribution >= 4 is 11.9 Å². The van der Waals surface area contributed by atoms with Crippen LogP contribution >= 0.6 is 0 Å². The molecule has 1 heterocycles. The number of nitrogens with one attached hydrogen (secondary N) is 1. The Kier molecular flexibility index (Phi) is 13.5. The average Bonchev–Trinajstić information content (AvgIpc) is 3.35. The van der Waals surface area contributed by atoms with Crippen LogP contribution in [-0.4, -0.2) is 38.9 Å². The number of aliphatic carboxylic acids is 1.